The van der Waals surface area contributed by atoms with Gasteiger partial charge in [0.2, 0.25) is 0 Å². The van der Waals surface area contributed by atoms with Gasteiger partial charge in [-0.3, -0.25) is 0 Å². The van der Waals surface area contributed by atoms with Crippen LogP contribution >= 0.6 is 0 Å². The van der Waals surface area contributed by atoms with Gasteiger partial charge in [-0.25, -0.2) is 0 Å². The van der Waals surface area contributed by atoms with E-state index in [-0.39, 0.29) is 24.9 Å². The highest BCUT2D eigenvalue weighted by molar-refractivity contribution is 4.80. The quantitative estimate of drug-likeness (QED) is 0.603. The lowest BCUT2D eigenvalue weighted by Crippen LogP contribution is -2.26. The molecule has 1 fully saturated rings. The van der Waals surface area contributed by atoms with Gasteiger partial charge in [0.05, 0.1) is 18.8 Å². The molecule has 0 aromatic heterocycles. The Balaban J connectivity index is 2.41. The zero-order valence-electron chi connectivity index (χ0n) is 6.41. The van der Waals surface area contributed by atoms with E-state index in [4.69, 9.17) is 14.6 Å². The third kappa shape index (κ3) is 1.48. The molecule has 1 aliphatic heterocycles. The Morgan fingerprint density at radius 2 is 2.40 bits per heavy atom. The molecule has 3 heteroatoms. The monoisotopic (exact) mass is 146 g/mol. The van der Waals surface area contributed by atoms with Crippen molar-refractivity contribution in [3.05, 3.63) is 0 Å². The van der Waals surface area contributed by atoms with Gasteiger partial charge in [0.15, 0.2) is 0 Å². The molecular formula is C7H14O3. The standard InChI is InChI=1S/C7H14O3/c1-5-3-6(9-2)7(4-8)10-5/h5-8H,3-4H2,1-2H3/t5-,6?,7+/m0/s1. The van der Waals surface area contributed by atoms with Crippen molar-refractivity contribution in [3.8, 4) is 0 Å². The summed E-state index contributed by atoms with van der Waals surface area (Å²) in [7, 11) is 1.65. The van der Waals surface area contributed by atoms with E-state index in [1.807, 2.05) is 6.92 Å². The molecule has 1 aliphatic rings. The minimum Gasteiger partial charge on any atom is -0.394 e. The molecule has 0 amide bonds. The first-order valence-corrected chi connectivity index (χ1v) is 3.57. The Hall–Kier alpha value is -0.120. The molecule has 10 heavy (non-hydrogen) atoms. The van der Waals surface area contributed by atoms with Gasteiger partial charge in [-0.1, -0.05) is 0 Å². The average Bonchev–Trinajstić information content (AvgIpc) is 2.30. The summed E-state index contributed by atoms with van der Waals surface area (Å²) in [5.41, 5.74) is 0. The van der Waals surface area contributed by atoms with Crippen LogP contribution in [-0.4, -0.2) is 37.1 Å². The molecule has 3 atom stereocenters. The summed E-state index contributed by atoms with van der Waals surface area (Å²) in [5.74, 6) is 0. The van der Waals surface area contributed by atoms with Gasteiger partial charge in [-0.05, 0) is 6.92 Å². The van der Waals surface area contributed by atoms with Crippen LogP contribution in [0.4, 0.5) is 0 Å². The van der Waals surface area contributed by atoms with Crippen LogP contribution in [0.15, 0.2) is 0 Å². The number of methoxy groups -OCH3 is 1. The first-order chi connectivity index (χ1) is 4.77. The molecule has 1 N–H and O–H groups in total. The molecule has 0 radical (unpaired) electrons. The Labute approximate surface area is 60.9 Å². The summed E-state index contributed by atoms with van der Waals surface area (Å²) in [4.78, 5) is 0. The first kappa shape index (κ1) is 7.98. The summed E-state index contributed by atoms with van der Waals surface area (Å²) >= 11 is 0. The number of ether oxygens (including phenoxy) is 2. The van der Waals surface area contributed by atoms with E-state index in [0.717, 1.165) is 6.42 Å². The van der Waals surface area contributed by atoms with Crippen LogP contribution in [0.5, 0.6) is 0 Å². The fourth-order valence-corrected chi connectivity index (χ4v) is 1.33. The predicted octanol–water partition coefficient (Wildman–Crippen LogP) is 0.171. The van der Waals surface area contributed by atoms with Crippen molar-refractivity contribution < 1.29 is 14.6 Å². The van der Waals surface area contributed by atoms with Gasteiger partial charge in [0.1, 0.15) is 6.10 Å². The van der Waals surface area contributed by atoms with Crippen molar-refractivity contribution >= 4 is 0 Å². The molecule has 0 bridgehead atoms. The van der Waals surface area contributed by atoms with Crippen LogP contribution in [0.2, 0.25) is 0 Å². The fourth-order valence-electron chi connectivity index (χ4n) is 1.33. The van der Waals surface area contributed by atoms with E-state index in [1.54, 1.807) is 7.11 Å². The fraction of sp³-hybridized carbons (Fsp3) is 1.00. The number of hydrogen-bond acceptors (Lipinski definition) is 3. The molecule has 0 spiro atoms. The molecule has 1 heterocycles. The van der Waals surface area contributed by atoms with Crippen molar-refractivity contribution in [1.29, 1.82) is 0 Å². The molecular weight excluding hydrogens is 132 g/mol. The van der Waals surface area contributed by atoms with Crippen molar-refractivity contribution in [2.45, 2.75) is 31.7 Å². The lowest BCUT2D eigenvalue weighted by Gasteiger charge is -2.13. The summed E-state index contributed by atoms with van der Waals surface area (Å²) in [6, 6.07) is 0. The molecule has 1 unspecified atom stereocenters. The second-order valence-electron chi connectivity index (χ2n) is 2.68. The van der Waals surface area contributed by atoms with E-state index >= 15 is 0 Å². The average molecular weight is 146 g/mol. The molecule has 1 rings (SSSR count). The van der Waals surface area contributed by atoms with Crippen molar-refractivity contribution in [2.24, 2.45) is 0 Å². The maximum absolute atomic E-state index is 8.78. The minimum absolute atomic E-state index is 0.0584. The summed E-state index contributed by atoms with van der Waals surface area (Å²) in [5, 5.41) is 8.78. The largest absolute Gasteiger partial charge is 0.394 e. The van der Waals surface area contributed by atoms with Crippen molar-refractivity contribution in [3.63, 3.8) is 0 Å². The van der Waals surface area contributed by atoms with E-state index in [2.05, 4.69) is 0 Å². The Bertz CT molecular complexity index is 93.0. The Kier molecular flexibility index (Phi) is 2.65. The highest BCUT2D eigenvalue weighted by atomic mass is 16.6. The summed E-state index contributed by atoms with van der Waals surface area (Å²) in [6.45, 7) is 2.05. The number of aliphatic hydroxyl groups excluding tert-OH is 1. The maximum Gasteiger partial charge on any atom is 0.107 e. The van der Waals surface area contributed by atoms with Gasteiger partial charge in [-0.15, -0.1) is 0 Å². The highest BCUT2D eigenvalue weighted by Gasteiger charge is 2.31. The number of hydrogen-bond donors (Lipinski definition) is 1. The number of aliphatic hydroxyl groups is 1. The van der Waals surface area contributed by atoms with E-state index in [9.17, 15) is 0 Å². The Morgan fingerprint density at radius 1 is 1.70 bits per heavy atom. The normalized spacial score (nSPS) is 40.5. The molecule has 0 aromatic rings. The zero-order chi connectivity index (χ0) is 7.56. The lowest BCUT2D eigenvalue weighted by molar-refractivity contribution is -0.0302. The van der Waals surface area contributed by atoms with Crippen LogP contribution in [0.1, 0.15) is 13.3 Å². The van der Waals surface area contributed by atoms with Gasteiger partial charge < -0.3 is 14.6 Å². The van der Waals surface area contributed by atoms with Gasteiger partial charge >= 0.3 is 0 Å². The molecule has 0 saturated carbocycles. The molecule has 60 valence electrons. The van der Waals surface area contributed by atoms with Gasteiger partial charge in [0.25, 0.3) is 0 Å². The van der Waals surface area contributed by atoms with Crippen molar-refractivity contribution in [1.82, 2.24) is 0 Å². The molecule has 0 aliphatic carbocycles. The van der Waals surface area contributed by atoms with Crippen molar-refractivity contribution in [2.75, 3.05) is 13.7 Å². The van der Waals surface area contributed by atoms with Gasteiger partial charge in [-0.2, -0.15) is 0 Å². The maximum atomic E-state index is 8.78. The van der Waals surface area contributed by atoms with Crippen LogP contribution < -0.4 is 0 Å². The molecule has 1 saturated heterocycles. The topological polar surface area (TPSA) is 38.7 Å². The van der Waals surface area contributed by atoms with E-state index < -0.39 is 0 Å². The van der Waals surface area contributed by atoms with E-state index in [1.165, 1.54) is 0 Å². The highest BCUT2D eigenvalue weighted by Crippen LogP contribution is 2.21. The second kappa shape index (κ2) is 3.32. The number of rotatable bonds is 2. The lowest BCUT2D eigenvalue weighted by atomic mass is 10.1. The summed E-state index contributed by atoms with van der Waals surface area (Å²) in [6.07, 6.45) is 1.09. The van der Waals surface area contributed by atoms with Crippen LogP contribution in [0, 0.1) is 0 Å². The van der Waals surface area contributed by atoms with Crippen LogP contribution in [0.25, 0.3) is 0 Å². The van der Waals surface area contributed by atoms with Crippen LogP contribution in [0.3, 0.4) is 0 Å². The molecule has 3 nitrogen and oxygen atoms in total. The predicted molar refractivity (Wildman–Crippen MR) is 36.8 cm³/mol. The smallest absolute Gasteiger partial charge is 0.107 e. The SMILES string of the molecule is COC1C[C@H](C)O[C@@H]1CO. The molecule has 0 aromatic carbocycles. The van der Waals surface area contributed by atoms with Gasteiger partial charge in [0, 0.05) is 13.5 Å². The third-order valence-corrected chi connectivity index (χ3v) is 1.87. The summed E-state index contributed by atoms with van der Waals surface area (Å²) < 4.78 is 10.4. The minimum atomic E-state index is -0.111. The van der Waals surface area contributed by atoms with E-state index in [0.29, 0.717) is 0 Å². The Morgan fingerprint density at radius 3 is 2.80 bits per heavy atom. The first-order valence-electron chi connectivity index (χ1n) is 3.57. The zero-order valence-corrected chi connectivity index (χ0v) is 6.41. The third-order valence-electron chi connectivity index (χ3n) is 1.87. The van der Waals surface area contributed by atoms with Crippen LogP contribution in [-0.2, 0) is 9.47 Å². The second-order valence-corrected chi connectivity index (χ2v) is 2.68.